The third kappa shape index (κ3) is 3.63. The predicted molar refractivity (Wildman–Crippen MR) is 63.1 cm³/mol. The van der Waals surface area contributed by atoms with E-state index in [1.807, 2.05) is 6.92 Å². The first-order chi connectivity index (χ1) is 7.11. The van der Waals surface area contributed by atoms with Gasteiger partial charge in [-0.25, -0.2) is 4.39 Å². The molecule has 1 nitrogen and oxygen atoms in total. The Balaban J connectivity index is 2.61. The van der Waals surface area contributed by atoms with Crippen LogP contribution < -0.4 is 5.32 Å². The van der Waals surface area contributed by atoms with Crippen molar-refractivity contribution in [3.05, 3.63) is 35.6 Å². The van der Waals surface area contributed by atoms with E-state index in [4.69, 9.17) is 23.2 Å². The fourth-order valence-corrected chi connectivity index (χ4v) is 1.56. The number of benzene rings is 1. The Kier molecular flexibility index (Phi) is 4.84. The van der Waals surface area contributed by atoms with Crippen molar-refractivity contribution in [2.75, 3.05) is 11.8 Å². The highest BCUT2D eigenvalue weighted by Crippen LogP contribution is 2.12. The zero-order valence-corrected chi connectivity index (χ0v) is 10.1. The largest absolute Gasteiger partial charge is 0.305 e. The third-order valence-electron chi connectivity index (χ3n) is 2.25. The summed E-state index contributed by atoms with van der Waals surface area (Å²) in [5.74, 6) is 0.576. The van der Waals surface area contributed by atoms with Crippen molar-refractivity contribution < 1.29 is 4.39 Å². The number of hydrogen-bond acceptors (Lipinski definition) is 1. The van der Waals surface area contributed by atoms with Gasteiger partial charge in [0.25, 0.3) is 0 Å². The Hall–Kier alpha value is -0.310. The molecular formula is C11H14Cl2FN. The smallest absolute Gasteiger partial charge is 0.127 e. The minimum atomic E-state index is -0.356. The molecule has 0 unspecified atom stereocenters. The molecule has 0 aliphatic heterocycles. The van der Waals surface area contributed by atoms with Gasteiger partial charge in [0, 0.05) is 29.4 Å². The average molecular weight is 250 g/mol. The molecule has 0 bridgehead atoms. The van der Waals surface area contributed by atoms with Gasteiger partial charge in [-0.1, -0.05) is 18.2 Å². The van der Waals surface area contributed by atoms with Gasteiger partial charge in [0.2, 0.25) is 0 Å². The minimum absolute atomic E-state index is 0.212. The lowest BCUT2D eigenvalue weighted by molar-refractivity contribution is 0.428. The van der Waals surface area contributed by atoms with Gasteiger partial charge in [-0.15, -0.1) is 23.2 Å². The molecule has 0 spiro atoms. The second-order valence-electron chi connectivity index (χ2n) is 3.77. The highest BCUT2D eigenvalue weighted by molar-refractivity contribution is 6.22. The summed E-state index contributed by atoms with van der Waals surface area (Å²) in [4.78, 5) is 0. The molecule has 15 heavy (non-hydrogen) atoms. The number of alkyl halides is 2. The summed E-state index contributed by atoms with van der Waals surface area (Å²) in [6.45, 7) is 2.34. The zero-order valence-electron chi connectivity index (χ0n) is 8.56. The first kappa shape index (κ1) is 12.8. The first-order valence-corrected chi connectivity index (χ1v) is 5.78. The second-order valence-corrected chi connectivity index (χ2v) is 4.31. The van der Waals surface area contributed by atoms with Crippen LogP contribution in [0.2, 0.25) is 0 Å². The van der Waals surface area contributed by atoms with E-state index in [1.54, 1.807) is 18.2 Å². The van der Waals surface area contributed by atoms with Crippen LogP contribution in [0.5, 0.6) is 0 Å². The Morgan fingerprint density at radius 1 is 1.27 bits per heavy atom. The molecule has 4 heteroatoms. The van der Waals surface area contributed by atoms with Crippen molar-refractivity contribution in [1.29, 1.82) is 0 Å². The van der Waals surface area contributed by atoms with Crippen LogP contribution in [0.4, 0.5) is 4.39 Å². The topological polar surface area (TPSA) is 12.0 Å². The van der Waals surface area contributed by atoms with E-state index >= 15 is 0 Å². The molecule has 1 rings (SSSR count). The van der Waals surface area contributed by atoms with Crippen LogP contribution in [0.1, 0.15) is 12.5 Å². The minimum Gasteiger partial charge on any atom is -0.305 e. The second kappa shape index (κ2) is 5.69. The lowest BCUT2D eigenvalue weighted by atomic mass is 10.1. The first-order valence-electron chi connectivity index (χ1n) is 4.72. The van der Waals surface area contributed by atoms with E-state index in [2.05, 4.69) is 5.32 Å². The van der Waals surface area contributed by atoms with Gasteiger partial charge < -0.3 is 5.32 Å². The molecular weight excluding hydrogens is 236 g/mol. The maximum atomic E-state index is 13.3. The number of halogens is 3. The number of nitrogens with one attached hydrogen (secondary N) is 1. The summed E-state index contributed by atoms with van der Waals surface area (Å²) in [6.07, 6.45) is 0. The normalized spacial score (nSPS) is 11.7. The molecule has 1 aromatic rings. The third-order valence-corrected chi connectivity index (χ3v) is 3.43. The van der Waals surface area contributed by atoms with E-state index in [0.29, 0.717) is 23.9 Å². The van der Waals surface area contributed by atoms with Crippen LogP contribution in [-0.4, -0.2) is 17.3 Å². The molecule has 0 saturated heterocycles. The average Bonchev–Trinajstić information content (AvgIpc) is 2.28. The lowest BCUT2D eigenvalue weighted by Gasteiger charge is -2.26. The van der Waals surface area contributed by atoms with Crippen molar-refractivity contribution in [3.8, 4) is 0 Å². The molecule has 1 N–H and O–H groups in total. The van der Waals surface area contributed by atoms with Crippen LogP contribution in [-0.2, 0) is 6.54 Å². The van der Waals surface area contributed by atoms with Gasteiger partial charge in [-0.05, 0) is 13.0 Å². The highest BCUT2D eigenvalue weighted by atomic mass is 35.5. The summed E-state index contributed by atoms with van der Waals surface area (Å²) >= 11 is 11.5. The van der Waals surface area contributed by atoms with Gasteiger partial charge in [0.15, 0.2) is 0 Å². The van der Waals surface area contributed by atoms with Crippen molar-refractivity contribution >= 4 is 23.2 Å². The summed E-state index contributed by atoms with van der Waals surface area (Å²) < 4.78 is 13.3. The number of hydrogen-bond donors (Lipinski definition) is 1. The summed E-state index contributed by atoms with van der Waals surface area (Å²) in [5.41, 5.74) is 0.268. The van der Waals surface area contributed by atoms with E-state index in [9.17, 15) is 4.39 Å². The molecule has 0 radical (unpaired) electrons. The number of rotatable bonds is 5. The summed E-state index contributed by atoms with van der Waals surface area (Å²) in [7, 11) is 0. The fourth-order valence-electron chi connectivity index (χ4n) is 1.08. The standard InChI is InChI=1S/C11H14Cl2FN/c1-11(7-12,8-13)15-6-9-4-2-3-5-10(9)14/h2-5,15H,6-8H2,1H3. The van der Waals surface area contributed by atoms with Crippen LogP contribution >= 0.6 is 23.2 Å². The predicted octanol–water partition coefficient (Wildman–Crippen LogP) is 3.15. The SMILES string of the molecule is CC(CCl)(CCl)NCc1ccccc1F. The molecule has 0 atom stereocenters. The molecule has 0 heterocycles. The van der Waals surface area contributed by atoms with Crippen LogP contribution in [0.25, 0.3) is 0 Å². The van der Waals surface area contributed by atoms with E-state index in [-0.39, 0.29) is 11.4 Å². The zero-order chi connectivity index (χ0) is 11.3. The van der Waals surface area contributed by atoms with Crippen molar-refractivity contribution in [3.63, 3.8) is 0 Å². The van der Waals surface area contributed by atoms with E-state index < -0.39 is 0 Å². The molecule has 0 aromatic heterocycles. The van der Waals surface area contributed by atoms with E-state index in [1.165, 1.54) is 6.07 Å². The maximum absolute atomic E-state index is 13.3. The molecule has 0 aliphatic carbocycles. The van der Waals surface area contributed by atoms with Crippen LogP contribution in [0, 0.1) is 5.82 Å². The molecule has 84 valence electrons. The van der Waals surface area contributed by atoms with Gasteiger partial charge in [0.1, 0.15) is 5.82 Å². The molecule has 1 aromatic carbocycles. The van der Waals surface area contributed by atoms with E-state index in [0.717, 1.165) is 0 Å². The Bertz CT molecular complexity index is 313. The molecule has 0 amide bonds. The van der Waals surface area contributed by atoms with Gasteiger partial charge in [0.05, 0.1) is 0 Å². The van der Waals surface area contributed by atoms with Crippen LogP contribution in [0.15, 0.2) is 24.3 Å². The van der Waals surface area contributed by atoms with Crippen molar-refractivity contribution in [1.82, 2.24) is 5.32 Å². The molecule has 0 aliphatic rings. The van der Waals surface area contributed by atoms with Crippen molar-refractivity contribution in [2.24, 2.45) is 0 Å². The Morgan fingerprint density at radius 3 is 2.40 bits per heavy atom. The fraction of sp³-hybridized carbons (Fsp3) is 0.455. The van der Waals surface area contributed by atoms with Gasteiger partial charge >= 0.3 is 0 Å². The summed E-state index contributed by atoms with van der Waals surface area (Å²) in [5, 5.41) is 3.15. The summed E-state index contributed by atoms with van der Waals surface area (Å²) in [6, 6.07) is 6.65. The maximum Gasteiger partial charge on any atom is 0.127 e. The Labute approximate surface area is 99.6 Å². The molecule has 0 fully saturated rings. The van der Waals surface area contributed by atoms with Gasteiger partial charge in [-0.2, -0.15) is 0 Å². The quantitative estimate of drug-likeness (QED) is 0.791. The van der Waals surface area contributed by atoms with Crippen molar-refractivity contribution in [2.45, 2.75) is 19.0 Å². The Morgan fingerprint density at radius 2 is 1.87 bits per heavy atom. The lowest BCUT2D eigenvalue weighted by Crippen LogP contribution is -2.45. The van der Waals surface area contributed by atoms with Gasteiger partial charge in [-0.3, -0.25) is 0 Å². The highest BCUT2D eigenvalue weighted by Gasteiger charge is 2.21. The van der Waals surface area contributed by atoms with Crippen LogP contribution in [0.3, 0.4) is 0 Å². The molecule has 0 saturated carbocycles. The monoisotopic (exact) mass is 249 g/mol.